The van der Waals surface area contributed by atoms with Gasteiger partial charge in [-0.05, 0) is 42.8 Å². The average Bonchev–Trinajstić information content (AvgIpc) is 3.23. The summed E-state index contributed by atoms with van der Waals surface area (Å²) in [6, 6.07) is 21.0. The minimum atomic E-state index is -0.683. The maximum atomic E-state index is 14.7. The zero-order valence-corrected chi connectivity index (χ0v) is 16.1. The molecule has 0 bridgehead atoms. The molecule has 1 atom stereocenters. The Hall–Kier alpha value is -3.67. The molecule has 1 N–H and O–H groups in total. The van der Waals surface area contributed by atoms with Crippen LogP contribution >= 0.6 is 0 Å². The Labute approximate surface area is 168 Å². The summed E-state index contributed by atoms with van der Waals surface area (Å²) in [5.74, 6) is 0.910. The van der Waals surface area contributed by atoms with Crippen molar-refractivity contribution in [2.24, 2.45) is 0 Å². The predicted octanol–water partition coefficient (Wildman–Crippen LogP) is 5.39. The Morgan fingerprint density at radius 1 is 0.966 bits per heavy atom. The van der Waals surface area contributed by atoms with Crippen molar-refractivity contribution in [2.45, 2.75) is 13.0 Å². The monoisotopic (exact) mass is 389 g/mol. The molecular weight excluding hydrogens is 369 g/mol. The maximum Gasteiger partial charge on any atom is 0.247 e. The zero-order valence-electron chi connectivity index (χ0n) is 16.1. The lowest BCUT2D eigenvalue weighted by molar-refractivity contribution is 0.415. The number of aromatic nitrogens is 2. The molecule has 6 heteroatoms. The number of hydrogen-bond acceptors (Lipinski definition) is 5. The summed E-state index contributed by atoms with van der Waals surface area (Å²) < 4.78 is 26.0. The highest BCUT2D eigenvalue weighted by Gasteiger charge is 2.25. The van der Waals surface area contributed by atoms with Gasteiger partial charge >= 0.3 is 0 Å². The normalized spacial score (nSPS) is 11.8. The van der Waals surface area contributed by atoms with E-state index >= 15 is 0 Å². The first-order chi connectivity index (χ1) is 14.2. The first-order valence-corrected chi connectivity index (χ1v) is 9.20. The average molecular weight is 389 g/mol. The predicted molar refractivity (Wildman–Crippen MR) is 109 cm³/mol. The summed E-state index contributed by atoms with van der Waals surface area (Å²) in [4.78, 5) is 0. The second-order valence-electron chi connectivity index (χ2n) is 6.61. The topological polar surface area (TPSA) is 60.2 Å². The second-order valence-corrected chi connectivity index (χ2v) is 6.61. The summed E-state index contributed by atoms with van der Waals surface area (Å²) in [6.07, 6.45) is 0. The Bertz CT molecular complexity index is 1110. The molecule has 4 rings (SSSR count). The van der Waals surface area contributed by atoms with Gasteiger partial charge in [-0.1, -0.05) is 42.5 Å². The second kappa shape index (κ2) is 8.14. The van der Waals surface area contributed by atoms with Crippen LogP contribution in [0.2, 0.25) is 0 Å². The molecular formula is C23H20FN3O2. The quantitative estimate of drug-likeness (QED) is 0.479. The Balaban J connectivity index is 1.77. The standard InChI is InChI=1S/C23H20FN3O2/c1-15-12-13-20(28-2)19(14-15)25-21(17-10-6-7-11-18(17)24)23-27-26-22(29-23)16-8-4-3-5-9-16/h3-14,21,25H,1-2H3. The molecule has 0 aliphatic rings. The molecule has 146 valence electrons. The number of hydrogen-bond donors (Lipinski definition) is 1. The Kier molecular flexibility index (Phi) is 5.24. The van der Waals surface area contributed by atoms with Crippen LogP contribution in [-0.2, 0) is 0 Å². The summed E-state index contributed by atoms with van der Waals surface area (Å²) >= 11 is 0. The third-order valence-corrected chi connectivity index (χ3v) is 4.58. The van der Waals surface area contributed by atoms with Crippen molar-refractivity contribution in [3.63, 3.8) is 0 Å². The van der Waals surface area contributed by atoms with Crippen LogP contribution in [-0.4, -0.2) is 17.3 Å². The fraction of sp³-hybridized carbons (Fsp3) is 0.130. The lowest BCUT2D eigenvalue weighted by Crippen LogP contribution is -2.15. The van der Waals surface area contributed by atoms with Gasteiger partial charge in [-0.2, -0.15) is 0 Å². The van der Waals surface area contributed by atoms with Gasteiger partial charge in [0.05, 0.1) is 12.8 Å². The molecule has 0 radical (unpaired) electrons. The largest absolute Gasteiger partial charge is 0.495 e. The van der Waals surface area contributed by atoms with Gasteiger partial charge in [-0.15, -0.1) is 10.2 Å². The molecule has 0 saturated carbocycles. The number of ether oxygens (including phenoxy) is 1. The summed E-state index contributed by atoms with van der Waals surface area (Å²) in [6.45, 7) is 1.98. The van der Waals surface area contributed by atoms with E-state index in [2.05, 4.69) is 15.5 Å². The van der Waals surface area contributed by atoms with Gasteiger partial charge in [0.1, 0.15) is 17.6 Å². The van der Waals surface area contributed by atoms with Crippen molar-refractivity contribution in [2.75, 3.05) is 12.4 Å². The highest BCUT2D eigenvalue weighted by molar-refractivity contribution is 5.60. The van der Waals surface area contributed by atoms with Gasteiger partial charge in [-0.25, -0.2) is 4.39 Å². The number of benzene rings is 3. The van der Waals surface area contributed by atoms with E-state index in [-0.39, 0.29) is 11.7 Å². The molecule has 3 aromatic carbocycles. The summed E-state index contributed by atoms with van der Waals surface area (Å²) in [5.41, 5.74) is 2.95. The van der Waals surface area contributed by atoms with Gasteiger partial charge in [0.25, 0.3) is 0 Å². The van der Waals surface area contributed by atoms with Crippen LogP contribution in [0.4, 0.5) is 10.1 Å². The van der Waals surface area contributed by atoms with E-state index in [0.29, 0.717) is 22.9 Å². The highest BCUT2D eigenvalue weighted by Crippen LogP contribution is 2.34. The molecule has 0 fully saturated rings. The number of anilines is 1. The van der Waals surface area contributed by atoms with E-state index in [1.807, 2.05) is 55.5 Å². The molecule has 0 spiro atoms. The third-order valence-electron chi connectivity index (χ3n) is 4.58. The minimum absolute atomic E-state index is 0.262. The van der Waals surface area contributed by atoms with Gasteiger partial charge < -0.3 is 14.5 Å². The molecule has 4 aromatic rings. The maximum absolute atomic E-state index is 14.7. The molecule has 0 aliphatic heterocycles. The molecule has 0 aliphatic carbocycles. The molecule has 0 amide bonds. The first-order valence-electron chi connectivity index (χ1n) is 9.20. The number of methoxy groups -OCH3 is 1. The molecule has 29 heavy (non-hydrogen) atoms. The summed E-state index contributed by atoms with van der Waals surface area (Å²) in [7, 11) is 1.59. The van der Waals surface area contributed by atoms with Crippen molar-refractivity contribution in [3.8, 4) is 17.2 Å². The van der Waals surface area contributed by atoms with Gasteiger partial charge in [0.15, 0.2) is 0 Å². The van der Waals surface area contributed by atoms with Crippen LogP contribution in [0, 0.1) is 12.7 Å². The van der Waals surface area contributed by atoms with Crippen molar-refractivity contribution >= 4 is 5.69 Å². The number of aryl methyl sites for hydroxylation is 1. The Morgan fingerprint density at radius 2 is 1.72 bits per heavy atom. The van der Waals surface area contributed by atoms with E-state index in [1.165, 1.54) is 6.07 Å². The molecule has 1 heterocycles. The fourth-order valence-corrected chi connectivity index (χ4v) is 3.12. The van der Waals surface area contributed by atoms with Gasteiger partial charge in [0, 0.05) is 11.1 Å². The van der Waals surface area contributed by atoms with E-state index in [1.54, 1.807) is 25.3 Å². The first kappa shape index (κ1) is 18.7. The van der Waals surface area contributed by atoms with Crippen LogP contribution in [0.5, 0.6) is 5.75 Å². The number of rotatable bonds is 6. The zero-order chi connectivity index (χ0) is 20.2. The van der Waals surface area contributed by atoms with E-state index < -0.39 is 6.04 Å². The van der Waals surface area contributed by atoms with Crippen molar-refractivity contribution in [1.29, 1.82) is 0 Å². The number of nitrogens with one attached hydrogen (secondary N) is 1. The number of nitrogens with zero attached hydrogens (tertiary/aromatic N) is 2. The fourth-order valence-electron chi connectivity index (χ4n) is 3.12. The molecule has 0 saturated heterocycles. The SMILES string of the molecule is COc1ccc(C)cc1NC(c1nnc(-c2ccccc2)o1)c1ccccc1F. The third kappa shape index (κ3) is 3.96. The van der Waals surface area contributed by atoms with E-state index in [0.717, 1.165) is 11.1 Å². The molecule has 1 aromatic heterocycles. The molecule has 1 unspecified atom stereocenters. The van der Waals surface area contributed by atoms with Crippen LogP contribution < -0.4 is 10.1 Å². The molecule has 5 nitrogen and oxygen atoms in total. The van der Waals surface area contributed by atoms with Crippen molar-refractivity contribution < 1.29 is 13.5 Å². The van der Waals surface area contributed by atoms with Crippen molar-refractivity contribution in [3.05, 3.63) is 95.6 Å². The van der Waals surface area contributed by atoms with E-state index in [9.17, 15) is 4.39 Å². The van der Waals surface area contributed by atoms with Crippen LogP contribution in [0.25, 0.3) is 11.5 Å². The van der Waals surface area contributed by atoms with Crippen LogP contribution in [0.3, 0.4) is 0 Å². The smallest absolute Gasteiger partial charge is 0.247 e. The van der Waals surface area contributed by atoms with Crippen LogP contribution in [0.1, 0.15) is 23.1 Å². The van der Waals surface area contributed by atoms with Crippen molar-refractivity contribution in [1.82, 2.24) is 10.2 Å². The minimum Gasteiger partial charge on any atom is -0.495 e. The number of halogens is 1. The van der Waals surface area contributed by atoms with Crippen LogP contribution in [0.15, 0.2) is 77.2 Å². The lowest BCUT2D eigenvalue weighted by atomic mass is 10.1. The highest BCUT2D eigenvalue weighted by atomic mass is 19.1. The van der Waals surface area contributed by atoms with Gasteiger partial charge in [-0.3, -0.25) is 0 Å². The summed E-state index contributed by atoms with van der Waals surface area (Å²) in [5, 5.41) is 11.7. The van der Waals surface area contributed by atoms with Gasteiger partial charge in [0.2, 0.25) is 11.8 Å². The van der Waals surface area contributed by atoms with E-state index in [4.69, 9.17) is 9.15 Å². The Morgan fingerprint density at radius 3 is 2.48 bits per heavy atom. The lowest BCUT2D eigenvalue weighted by Gasteiger charge is -2.20.